The van der Waals surface area contributed by atoms with E-state index in [0.29, 0.717) is 16.9 Å². The fraction of sp³-hybridized carbons (Fsp3) is 0.105. The zero-order chi connectivity index (χ0) is 18.2. The molecule has 0 radical (unpaired) electrons. The Balaban J connectivity index is 2.28. The van der Waals surface area contributed by atoms with Crippen molar-refractivity contribution in [3.8, 4) is 17.6 Å². The lowest BCUT2D eigenvalue weighted by molar-refractivity contribution is -0.135. The first kappa shape index (κ1) is 17.8. The summed E-state index contributed by atoms with van der Waals surface area (Å²) < 4.78 is 15.1. The number of nitriles is 1. The second-order valence-electron chi connectivity index (χ2n) is 4.83. The van der Waals surface area contributed by atoms with Crippen LogP contribution in [0.5, 0.6) is 11.5 Å². The van der Waals surface area contributed by atoms with E-state index >= 15 is 0 Å². The molecule has 0 aliphatic rings. The number of benzene rings is 2. The number of methoxy groups -OCH3 is 2. The summed E-state index contributed by atoms with van der Waals surface area (Å²) in [5, 5.41) is 9.00. The number of carbonyl (C=O) groups is 2. The molecule has 25 heavy (non-hydrogen) atoms. The van der Waals surface area contributed by atoms with Crippen LogP contribution in [0.4, 0.5) is 0 Å². The van der Waals surface area contributed by atoms with Crippen molar-refractivity contribution >= 4 is 18.0 Å². The highest BCUT2D eigenvalue weighted by molar-refractivity contribution is 5.98. The van der Waals surface area contributed by atoms with E-state index in [1.165, 1.54) is 26.4 Å². The van der Waals surface area contributed by atoms with Gasteiger partial charge in [-0.2, -0.15) is 5.26 Å². The molecule has 2 aromatic rings. The van der Waals surface area contributed by atoms with Crippen LogP contribution in [-0.4, -0.2) is 26.2 Å². The molecule has 2 rings (SSSR count). The molecule has 0 N–H and O–H groups in total. The van der Waals surface area contributed by atoms with E-state index in [0.717, 1.165) is 0 Å². The molecule has 0 unspecified atom stereocenters. The van der Waals surface area contributed by atoms with Crippen molar-refractivity contribution in [1.29, 1.82) is 5.26 Å². The minimum absolute atomic E-state index is 0.154. The molecule has 6 nitrogen and oxygen atoms in total. The first-order chi connectivity index (χ1) is 12.1. The Labute approximate surface area is 144 Å². The molecule has 0 amide bonds. The van der Waals surface area contributed by atoms with Crippen LogP contribution in [0.1, 0.15) is 15.9 Å². The van der Waals surface area contributed by atoms with Gasteiger partial charge in [0.15, 0.2) is 11.5 Å². The van der Waals surface area contributed by atoms with Gasteiger partial charge in [-0.15, -0.1) is 0 Å². The molecule has 126 valence electrons. The standard InChI is InChI=1S/C19H15NO5/c1-23-17-11-13(10-15(12-20)18(21)24-2)8-9-16(17)25-19(22)14-6-4-3-5-7-14/h3-11H,1-2H3/b15-10+. The fourth-order valence-electron chi connectivity index (χ4n) is 2.00. The average molecular weight is 337 g/mol. The summed E-state index contributed by atoms with van der Waals surface area (Å²) in [5.41, 5.74) is 0.780. The topological polar surface area (TPSA) is 85.6 Å². The van der Waals surface area contributed by atoms with Crippen LogP contribution in [0.3, 0.4) is 0 Å². The van der Waals surface area contributed by atoms with Crippen LogP contribution in [0.2, 0.25) is 0 Å². The van der Waals surface area contributed by atoms with Gasteiger partial charge in [-0.25, -0.2) is 9.59 Å². The van der Waals surface area contributed by atoms with Gasteiger partial charge in [0.05, 0.1) is 19.8 Å². The van der Waals surface area contributed by atoms with Crippen molar-refractivity contribution in [1.82, 2.24) is 0 Å². The van der Waals surface area contributed by atoms with E-state index < -0.39 is 11.9 Å². The molecule has 0 saturated carbocycles. The Hall–Kier alpha value is -3.59. The lowest BCUT2D eigenvalue weighted by Crippen LogP contribution is -2.09. The molecule has 0 saturated heterocycles. The van der Waals surface area contributed by atoms with Crippen molar-refractivity contribution in [2.24, 2.45) is 0 Å². The van der Waals surface area contributed by atoms with Gasteiger partial charge in [-0.3, -0.25) is 0 Å². The molecule has 0 fully saturated rings. The maximum absolute atomic E-state index is 12.1. The Morgan fingerprint density at radius 1 is 1.04 bits per heavy atom. The summed E-state index contributed by atoms with van der Waals surface area (Å²) in [4.78, 5) is 23.6. The molecule has 0 aliphatic carbocycles. The van der Waals surface area contributed by atoms with Crippen LogP contribution in [0, 0.1) is 11.3 Å². The van der Waals surface area contributed by atoms with Crippen LogP contribution < -0.4 is 9.47 Å². The minimum Gasteiger partial charge on any atom is -0.493 e. The van der Waals surface area contributed by atoms with Crippen LogP contribution >= 0.6 is 0 Å². The normalized spacial score (nSPS) is 10.5. The Kier molecular flexibility index (Phi) is 5.91. The van der Waals surface area contributed by atoms with Crippen molar-refractivity contribution in [2.45, 2.75) is 0 Å². The molecular weight excluding hydrogens is 322 g/mol. The highest BCUT2D eigenvalue weighted by atomic mass is 16.6. The molecule has 0 heterocycles. The fourth-order valence-corrected chi connectivity index (χ4v) is 2.00. The van der Waals surface area contributed by atoms with Gasteiger partial charge in [0.2, 0.25) is 0 Å². The molecule has 0 aromatic heterocycles. The highest BCUT2D eigenvalue weighted by Gasteiger charge is 2.14. The van der Waals surface area contributed by atoms with Gasteiger partial charge in [0.1, 0.15) is 11.6 Å². The van der Waals surface area contributed by atoms with Crippen LogP contribution in [-0.2, 0) is 9.53 Å². The van der Waals surface area contributed by atoms with Crippen molar-refractivity contribution in [3.05, 3.63) is 65.2 Å². The summed E-state index contributed by atoms with van der Waals surface area (Å²) in [7, 11) is 2.62. The molecule has 6 heteroatoms. The number of esters is 2. The highest BCUT2D eigenvalue weighted by Crippen LogP contribution is 2.29. The summed E-state index contributed by atoms with van der Waals surface area (Å²) >= 11 is 0. The van der Waals surface area contributed by atoms with Gasteiger partial charge in [0, 0.05) is 0 Å². The van der Waals surface area contributed by atoms with Crippen molar-refractivity contribution in [3.63, 3.8) is 0 Å². The number of nitrogens with zero attached hydrogens (tertiary/aromatic N) is 1. The second kappa shape index (κ2) is 8.31. The number of rotatable bonds is 5. The number of hydrogen-bond acceptors (Lipinski definition) is 6. The predicted octanol–water partition coefficient (Wildman–Crippen LogP) is 2.99. The third kappa shape index (κ3) is 4.45. The Morgan fingerprint density at radius 3 is 2.36 bits per heavy atom. The molecule has 0 spiro atoms. The van der Waals surface area contributed by atoms with E-state index in [1.54, 1.807) is 48.5 Å². The van der Waals surface area contributed by atoms with Gasteiger partial charge in [-0.1, -0.05) is 24.3 Å². The lowest BCUT2D eigenvalue weighted by atomic mass is 10.1. The summed E-state index contributed by atoms with van der Waals surface area (Å²) in [6, 6.07) is 15.0. The predicted molar refractivity (Wildman–Crippen MR) is 90.0 cm³/mol. The monoisotopic (exact) mass is 337 g/mol. The Bertz CT molecular complexity index is 850. The van der Waals surface area contributed by atoms with E-state index in [2.05, 4.69) is 4.74 Å². The van der Waals surface area contributed by atoms with Gasteiger partial charge >= 0.3 is 11.9 Å². The number of hydrogen-bond donors (Lipinski definition) is 0. The molecule has 0 atom stereocenters. The first-order valence-corrected chi connectivity index (χ1v) is 7.24. The average Bonchev–Trinajstić information content (AvgIpc) is 2.66. The molecule has 0 bridgehead atoms. The molecular formula is C19H15NO5. The molecule has 2 aromatic carbocycles. The maximum Gasteiger partial charge on any atom is 0.348 e. The Morgan fingerprint density at radius 2 is 1.76 bits per heavy atom. The SMILES string of the molecule is COC(=O)/C(C#N)=C/c1ccc(OC(=O)c2ccccc2)c(OC)c1. The zero-order valence-electron chi connectivity index (χ0n) is 13.7. The third-order valence-corrected chi connectivity index (χ3v) is 3.24. The van der Waals surface area contributed by atoms with Gasteiger partial charge in [0.25, 0.3) is 0 Å². The second-order valence-corrected chi connectivity index (χ2v) is 4.83. The first-order valence-electron chi connectivity index (χ1n) is 7.24. The maximum atomic E-state index is 12.1. The van der Waals surface area contributed by atoms with Crippen molar-refractivity contribution in [2.75, 3.05) is 14.2 Å². The summed E-state index contributed by atoms with van der Waals surface area (Å²) in [6.45, 7) is 0. The number of carbonyl (C=O) groups excluding carboxylic acids is 2. The number of ether oxygens (including phenoxy) is 3. The van der Waals surface area contributed by atoms with Gasteiger partial charge < -0.3 is 14.2 Å². The van der Waals surface area contributed by atoms with Crippen LogP contribution in [0.15, 0.2) is 54.1 Å². The van der Waals surface area contributed by atoms with Crippen molar-refractivity contribution < 1.29 is 23.8 Å². The smallest absolute Gasteiger partial charge is 0.348 e. The minimum atomic E-state index is -0.735. The van der Waals surface area contributed by atoms with E-state index in [-0.39, 0.29) is 11.3 Å². The zero-order valence-corrected chi connectivity index (χ0v) is 13.7. The van der Waals surface area contributed by atoms with Crippen LogP contribution in [0.25, 0.3) is 6.08 Å². The summed E-state index contributed by atoms with van der Waals surface area (Å²) in [6.07, 6.45) is 1.36. The van der Waals surface area contributed by atoms with Gasteiger partial charge in [-0.05, 0) is 35.9 Å². The largest absolute Gasteiger partial charge is 0.493 e. The summed E-state index contributed by atoms with van der Waals surface area (Å²) in [5.74, 6) is -0.735. The van der Waals surface area contributed by atoms with E-state index in [9.17, 15) is 9.59 Å². The quantitative estimate of drug-likeness (QED) is 0.361. The third-order valence-electron chi connectivity index (χ3n) is 3.24. The van der Waals surface area contributed by atoms with E-state index in [1.807, 2.05) is 0 Å². The lowest BCUT2D eigenvalue weighted by Gasteiger charge is -2.10. The molecule has 0 aliphatic heterocycles. The van der Waals surface area contributed by atoms with E-state index in [4.69, 9.17) is 14.7 Å².